The Morgan fingerprint density at radius 3 is 2.50 bits per heavy atom. The molecule has 1 amide bonds. The van der Waals surface area contributed by atoms with Crippen molar-refractivity contribution in [2.75, 3.05) is 5.32 Å². The summed E-state index contributed by atoms with van der Waals surface area (Å²) in [6, 6.07) is 15.4. The highest BCUT2D eigenvalue weighted by molar-refractivity contribution is 7.80. The van der Waals surface area contributed by atoms with Crippen molar-refractivity contribution in [3.8, 4) is 0 Å². The molecule has 2 aromatic carbocycles. The Balaban J connectivity index is 2.06. The molecule has 114 valence electrons. The molecule has 0 heterocycles. The fraction of sp³-hybridized carbons (Fsp3) is 0.222. The summed E-state index contributed by atoms with van der Waals surface area (Å²) in [6.07, 6.45) is 0. The number of amides is 1. The average molecular weight is 312 g/mol. The van der Waals surface area contributed by atoms with E-state index in [9.17, 15) is 4.79 Å². The largest absolute Gasteiger partial charge is 0.332 e. The van der Waals surface area contributed by atoms with Crippen LogP contribution in [0.25, 0.3) is 0 Å². The molecule has 2 N–H and O–H groups in total. The van der Waals surface area contributed by atoms with Gasteiger partial charge in [0.15, 0.2) is 5.11 Å². The van der Waals surface area contributed by atoms with E-state index in [1.807, 2.05) is 43.3 Å². The Kier molecular flexibility index (Phi) is 5.28. The second-order valence-corrected chi connectivity index (χ2v) is 5.93. The van der Waals surface area contributed by atoms with Crippen LogP contribution in [0.4, 0.5) is 5.69 Å². The summed E-state index contributed by atoms with van der Waals surface area (Å²) < 4.78 is 0. The lowest BCUT2D eigenvalue weighted by Crippen LogP contribution is -2.34. The highest BCUT2D eigenvalue weighted by atomic mass is 32.1. The third-order valence-electron chi connectivity index (χ3n) is 3.34. The van der Waals surface area contributed by atoms with E-state index in [1.165, 1.54) is 0 Å². The second-order valence-electron chi connectivity index (χ2n) is 5.52. The quantitative estimate of drug-likeness (QED) is 0.833. The zero-order valence-corrected chi connectivity index (χ0v) is 13.8. The third-order valence-corrected chi connectivity index (χ3v) is 3.54. The van der Waals surface area contributed by atoms with Crippen molar-refractivity contribution in [2.45, 2.75) is 26.7 Å². The van der Waals surface area contributed by atoms with Gasteiger partial charge in [0.05, 0.1) is 0 Å². The fourth-order valence-electron chi connectivity index (χ4n) is 2.23. The van der Waals surface area contributed by atoms with Crippen molar-refractivity contribution in [1.29, 1.82) is 0 Å². The van der Waals surface area contributed by atoms with Crippen molar-refractivity contribution >= 4 is 28.9 Å². The standard InChI is InChI=1S/C18H20N2OS/c1-12(2)15-9-4-5-10-16(15)19-18(22)20-17(21)14-8-6-7-13(3)11-14/h4-12H,1-3H3,(H2,19,20,21,22). The summed E-state index contributed by atoms with van der Waals surface area (Å²) in [6.45, 7) is 6.19. The van der Waals surface area contributed by atoms with Gasteiger partial charge in [0, 0.05) is 11.3 Å². The van der Waals surface area contributed by atoms with Crippen LogP contribution < -0.4 is 10.6 Å². The van der Waals surface area contributed by atoms with Crippen LogP contribution in [0, 0.1) is 6.92 Å². The molecule has 22 heavy (non-hydrogen) atoms. The molecule has 3 nitrogen and oxygen atoms in total. The summed E-state index contributed by atoms with van der Waals surface area (Å²) in [5.74, 6) is 0.169. The first-order chi connectivity index (χ1) is 10.5. The average Bonchev–Trinajstić information content (AvgIpc) is 2.47. The maximum atomic E-state index is 12.2. The molecule has 4 heteroatoms. The van der Waals surface area contributed by atoms with Crippen LogP contribution in [0.2, 0.25) is 0 Å². The number of benzene rings is 2. The molecular weight excluding hydrogens is 292 g/mol. The first-order valence-corrected chi connectivity index (χ1v) is 7.66. The number of hydrogen-bond acceptors (Lipinski definition) is 2. The van der Waals surface area contributed by atoms with Crippen LogP contribution >= 0.6 is 12.2 Å². The molecule has 0 aromatic heterocycles. The van der Waals surface area contributed by atoms with Gasteiger partial charge in [-0.3, -0.25) is 10.1 Å². The molecule has 2 aromatic rings. The van der Waals surface area contributed by atoms with E-state index in [0.29, 0.717) is 16.6 Å². The lowest BCUT2D eigenvalue weighted by molar-refractivity contribution is 0.0977. The van der Waals surface area contributed by atoms with Crippen LogP contribution in [0.3, 0.4) is 0 Å². The minimum absolute atomic E-state index is 0.205. The number of carbonyl (C=O) groups is 1. The van der Waals surface area contributed by atoms with Gasteiger partial charge in [0.1, 0.15) is 0 Å². The molecule has 0 saturated carbocycles. The van der Waals surface area contributed by atoms with Crippen LogP contribution in [-0.4, -0.2) is 11.0 Å². The second kappa shape index (κ2) is 7.18. The Morgan fingerprint density at radius 2 is 1.82 bits per heavy atom. The summed E-state index contributed by atoms with van der Waals surface area (Å²) in [5, 5.41) is 6.13. The summed E-state index contributed by atoms with van der Waals surface area (Å²) in [5.41, 5.74) is 3.72. The summed E-state index contributed by atoms with van der Waals surface area (Å²) >= 11 is 5.25. The Hall–Kier alpha value is -2.20. The lowest BCUT2D eigenvalue weighted by atomic mass is 10.0. The van der Waals surface area contributed by atoms with E-state index in [0.717, 1.165) is 16.8 Å². The molecule has 0 fully saturated rings. The van der Waals surface area contributed by atoms with Crippen LogP contribution in [0.5, 0.6) is 0 Å². The van der Waals surface area contributed by atoms with E-state index in [4.69, 9.17) is 12.2 Å². The van der Waals surface area contributed by atoms with Crippen LogP contribution in [0.1, 0.15) is 41.3 Å². The predicted octanol–water partition coefficient (Wildman–Crippen LogP) is 4.25. The molecule has 0 saturated heterocycles. The monoisotopic (exact) mass is 312 g/mol. The normalized spacial score (nSPS) is 10.4. The van der Waals surface area contributed by atoms with Crippen molar-refractivity contribution in [1.82, 2.24) is 5.32 Å². The first kappa shape index (κ1) is 16.2. The van der Waals surface area contributed by atoms with Crippen molar-refractivity contribution in [3.05, 3.63) is 65.2 Å². The highest BCUT2D eigenvalue weighted by Crippen LogP contribution is 2.23. The number of para-hydroxylation sites is 1. The predicted molar refractivity (Wildman–Crippen MR) is 95.4 cm³/mol. The maximum Gasteiger partial charge on any atom is 0.257 e. The molecule has 0 atom stereocenters. The Labute approximate surface area is 136 Å². The zero-order valence-electron chi connectivity index (χ0n) is 13.0. The smallest absolute Gasteiger partial charge is 0.257 e. The molecular formula is C18H20N2OS. The Bertz CT molecular complexity index is 695. The van der Waals surface area contributed by atoms with Gasteiger partial charge in [0.25, 0.3) is 5.91 Å². The van der Waals surface area contributed by atoms with E-state index >= 15 is 0 Å². The number of anilines is 1. The van der Waals surface area contributed by atoms with Crippen molar-refractivity contribution in [2.24, 2.45) is 0 Å². The topological polar surface area (TPSA) is 41.1 Å². The molecule has 2 rings (SSSR count). The zero-order chi connectivity index (χ0) is 16.1. The van der Waals surface area contributed by atoms with Gasteiger partial charge in [-0.25, -0.2) is 0 Å². The fourth-order valence-corrected chi connectivity index (χ4v) is 2.43. The van der Waals surface area contributed by atoms with Gasteiger partial charge in [-0.05, 0) is 48.8 Å². The van der Waals surface area contributed by atoms with Gasteiger partial charge >= 0.3 is 0 Å². The molecule has 0 spiro atoms. The van der Waals surface area contributed by atoms with Gasteiger partial charge in [-0.15, -0.1) is 0 Å². The van der Waals surface area contributed by atoms with Gasteiger partial charge in [-0.1, -0.05) is 49.7 Å². The van der Waals surface area contributed by atoms with E-state index in [2.05, 4.69) is 30.5 Å². The van der Waals surface area contributed by atoms with Crippen LogP contribution in [-0.2, 0) is 0 Å². The van der Waals surface area contributed by atoms with Crippen molar-refractivity contribution in [3.63, 3.8) is 0 Å². The molecule has 0 bridgehead atoms. The van der Waals surface area contributed by atoms with E-state index in [1.54, 1.807) is 6.07 Å². The minimum Gasteiger partial charge on any atom is -0.332 e. The van der Waals surface area contributed by atoms with Gasteiger partial charge in [0.2, 0.25) is 0 Å². The van der Waals surface area contributed by atoms with Crippen LogP contribution in [0.15, 0.2) is 48.5 Å². The van der Waals surface area contributed by atoms with Crippen molar-refractivity contribution < 1.29 is 4.79 Å². The first-order valence-electron chi connectivity index (χ1n) is 7.25. The van der Waals surface area contributed by atoms with E-state index < -0.39 is 0 Å². The summed E-state index contributed by atoms with van der Waals surface area (Å²) in [7, 11) is 0. The maximum absolute atomic E-state index is 12.2. The molecule has 0 radical (unpaired) electrons. The third kappa shape index (κ3) is 4.15. The minimum atomic E-state index is -0.205. The lowest BCUT2D eigenvalue weighted by Gasteiger charge is -2.15. The van der Waals surface area contributed by atoms with Gasteiger partial charge in [-0.2, -0.15) is 0 Å². The molecule has 0 unspecified atom stereocenters. The summed E-state index contributed by atoms with van der Waals surface area (Å²) in [4.78, 5) is 12.2. The number of aryl methyl sites for hydroxylation is 1. The number of nitrogens with one attached hydrogen (secondary N) is 2. The number of hydrogen-bond donors (Lipinski definition) is 2. The Morgan fingerprint density at radius 1 is 1.09 bits per heavy atom. The molecule has 0 aliphatic heterocycles. The SMILES string of the molecule is Cc1cccc(C(=O)NC(=S)Nc2ccccc2C(C)C)c1. The molecule has 0 aliphatic rings. The number of thiocarbonyl (C=S) groups is 1. The van der Waals surface area contributed by atoms with Gasteiger partial charge < -0.3 is 5.32 Å². The highest BCUT2D eigenvalue weighted by Gasteiger charge is 2.10. The van der Waals surface area contributed by atoms with E-state index in [-0.39, 0.29) is 5.91 Å². The number of rotatable bonds is 3. The molecule has 0 aliphatic carbocycles. The number of carbonyl (C=O) groups excluding carboxylic acids is 1.